The molecule has 0 amide bonds. The summed E-state index contributed by atoms with van der Waals surface area (Å²) in [6.07, 6.45) is 4.37. The number of benzene rings is 1. The van der Waals surface area contributed by atoms with E-state index in [1.165, 1.54) is 5.56 Å². The van der Waals surface area contributed by atoms with Crippen LogP contribution in [0.2, 0.25) is 0 Å². The zero-order valence-electron chi connectivity index (χ0n) is 16.0. The number of rotatable bonds is 10. The van der Waals surface area contributed by atoms with Gasteiger partial charge in [-0.3, -0.25) is 0 Å². The highest BCUT2D eigenvalue weighted by Crippen LogP contribution is 2.24. The fourth-order valence-electron chi connectivity index (χ4n) is 2.52. The molecule has 4 N–H and O–H groups in total. The lowest BCUT2D eigenvalue weighted by Gasteiger charge is -2.23. The van der Waals surface area contributed by atoms with Crippen molar-refractivity contribution in [2.45, 2.75) is 39.2 Å². The Morgan fingerprint density at radius 1 is 1.22 bits per heavy atom. The first-order chi connectivity index (χ1) is 12.1. The van der Waals surface area contributed by atoms with Gasteiger partial charge in [0.2, 0.25) is 5.95 Å². The van der Waals surface area contributed by atoms with Gasteiger partial charge in [0.25, 0.3) is 0 Å². The molecule has 0 bridgehead atoms. The third-order valence-electron chi connectivity index (χ3n) is 4.33. The van der Waals surface area contributed by atoms with Crippen molar-refractivity contribution >= 4 is 38.8 Å². The quantitative estimate of drug-likeness (QED) is 0.519. The van der Waals surface area contributed by atoms with Gasteiger partial charge in [-0.2, -0.15) is 32.0 Å². The Morgan fingerprint density at radius 3 is 2.56 bits per heavy atom. The van der Waals surface area contributed by atoms with Crippen molar-refractivity contribution in [3.05, 3.63) is 42.1 Å². The number of hydrogen-bond donors (Lipinski definition) is 3. The first kappa shape index (κ1) is 25.4. The van der Waals surface area contributed by atoms with Gasteiger partial charge in [-0.25, -0.2) is 4.98 Å². The number of nitrogen functional groups attached to an aromatic ring is 1. The van der Waals surface area contributed by atoms with E-state index >= 15 is 0 Å². The van der Waals surface area contributed by atoms with Gasteiger partial charge in [0.1, 0.15) is 0 Å². The lowest BCUT2D eigenvalue weighted by Crippen LogP contribution is -2.31. The zero-order valence-corrected chi connectivity index (χ0v) is 18.0. The monoisotopic (exact) mass is 412 g/mol. The molecular weight excluding hydrogens is 380 g/mol. The summed E-state index contributed by atoms with van der Waals surface area (Å²) in [6, 6.07) is 10.2. The second-order valence-corrected chi connectivity index (χ2v) is 6.20. The summed E-state index contributed by atoms with van der Waals surface area (Å²) < 4.78 is 5.85. The third kappa shape index (κ3) is 8.28. The van der Waals surface area contributed by atoms with Crippen LogP contribution < -0.4 is 15.8 Å². The van der Waals surface area contributed by atoms with Crippen molar-refractivity contribution < 1.29 is 9.84 Å². The van der Waals surface area contributed by atoms with Crippen LogP contribution in [0.15, 0.2) is 36.5 Å². The van der Waals surface area contributed by atoms with E-state index in [0.29, 0.717) is 24.1 Å². The molecular formula is C19H32N4O2S2. The van der Waals surface area contributed by atoms with E-state index in [0.717, 1.165) is 19.3 Å². The SMILES string of the molecule is CC[C@H](C)[C@@H](CO)Nc1nc(N)ncc1OCCCc1ccccc1.S.S. The summed E-state index contributed by atoms with van der Waals surface area (Å²) in [5.74, 6) is 1.57. The number of aryl methyl sites for hydroxylation is 1. The Morgan fingerprint density at radius 2 is 1.93 bits per heavy atom. The molecule has 2 aromatic rings. The molecule has 2 rings (SSSR count). The molecule has 0 unspecified atom stereocenters. The van der Waals surface area contributed by atoms with E-state index in [-0.39, 0.29) is 45.6 Å². The van der Waals surface area contributed by atoms with Crippen LogP contribution in [0.1, 0.15) is 32.3 Å². The van der Waals surface area contributed by atoms with Crippen LogP contribution in [0.3, 0.4) is 0 Å². The first-order valence-corrected chi connectivity index (χ1v) is 8.80. The number of nitrogens with two attached hydrogens (primary N) is 1. The summed E-state index contributed by atoms with van der Waals surface area (Å²) >= 11 is 0. The van der Waals surface area contributed by atoms with Crippen molar-refractivity contribution in [2.75, 3.05) is 24.3 Å². The Hall–Kier alpha value is -1.64. The lowest BCUT2D eigenvalue weighted by molar-refractivity contribution is 0.240. The van der Waals surface area contributed by atoms with Crippen LogP contribution in [0, 0.1) is 5.92 Å². The molecule has 1 aromatic heterocycles. The zero-order chi connectivity index (χ0) is 18.1. The number of aliphatic hydroxyl groups excluding tert-OH is 1. The highest BCUT2D eigenvalue weighted by atomic mass is 32.1. The van der Waals surface area contributed by atoms with Crippen LogP contribution in [0.4, 0.5) is 11.8 Å². The van der Waals surface area contributed by atoms with E-state index in [1.54, 1.807) is 6.20 Å². The molecule has 0 saturated heterocycles. The summed E-state index contributed by atoms with van der Waals surface area (Å²) in [5.41, 5.74) is 6.99. The number of hydrogen-bond acceptors (Lipinski definition) is 6. The van der Waals surface area contributed by atoms with Gasteiger partial charge < -0.3 is 20.9 Å². The molecule has 0 spiro atoms. The van der Waals surface area contributed by atoms with E-state index in [2.05, 4.69) is 41.3 Å². The Labute approximate surface area is 175 Å². The van der Waals surface area contributed by atoms with Crippen molar-refractivity contribution in [3.63, 3.8) is 0 Å². The summed E-state index contributed by atoms with van der Waals surface area (Å²) in [4.78, 5) is 8.25. The minimum Gasteiger partial charge on any atom is -0.488 e. The van der Waals surface area contributed by atoms with E-state index in [4.69, 9.17) is 10.5 Å². The number of aliphatic hydroxyl groups is 1. The second-order valence-electron chi connectivity index (χ2n) is 6.20. The maximum absolute atomic E-state index is 9.61. The molecule has 8 heteroatoms. The molecule has 2 atom stereocenters. The third-order valence-corrected chi connectivity index (χ3v) is 4.33. The van der Waals surface area contributed by atoms with E-state index in [9.17, 15) is 5.11 Å². The van der Waals surface area contributed by atoms with Gasteiger partial charge in [-0.15, -0.1) is 0 Å². The highest BCUT2D eigenvalue weighted by Gasteiger charge is 2.18. The van der Waals surface area contributed by atoms with Gasteiger partial charge in [-0.1, -0.05) is 50.6 Å². The van der Waals surface area contributed by atoms with Gasteiger partial charge in [0.15, 0.2) is 11.6 Å². The van der Waals surface area contributed by atoms with E-state index < -0.39 is 0 Å². The standard InChI is InChI=1S/C19H28N4O2.2H2S/c1-3-14(2)16(13-24)22-18-17(12-21-19(20)23-18)25-11-7-10-15-8-5-4-6-9-15;;/h4-6,8-9,12,14,16,24H,3,7,10-11,13H2,1-2H3,(H3,20,21,22,23);2*1H2/t14-,16+;;/m0../s1. The van der Waals surface area contributed by atoms with Gasteiger partial charge in [0, 0.05) is 0 Å². The Bertz CT molecular complexity index is 647. The molecule has 1 aromatic carbocycles. The fraction of sp³-hybridized carbons (Fsp3) is 0.474. The maximum atomic E-state index is 9.61. The second kappa shape index (κ2) is 13.5. The van der Waals surface area contributed by atoms with Gasteiger partial charge >= 0.3 is 0 Å². The summed E-state index contributed by atoms with van der Waals surface area (Å²) in [5, 5.41) is 12.9. The smallest absolute Gasteiger partial charge is 0.222 e. The number of aromatic nitrogens is 2. The van der Waals surface area contributed by atoms with Crippen LogP contribution in [0.25, 0.3) is 0 Å². The predicted molar refractivity (Wildman–Crippen MR) is 121 cm³/mol. The molecule has 1 heterocycles. The van der Waals surface area contributed by atoms with Gasteiger partial charge in [-0.05, 0) is 24.3 Å². The molecule has 0 fully saturated rings. The predicted octanol–water partition coefficient (Wildman–Crippen LogP) is 3.11. The van der Waals surface area contributed by atoms with E-state index in [1.807, 2.05) is 18.2 Å². The lowest BCUT2D eigenvalue weighted by atomic mass is 10.00. The Kier molecular flexibility index (Phi) is 12.7. The summed E-state index contributed by atoms with van der Waals surface area (Å²) in [7, 11) is 0. The first-order valence-electron chi connectivity index (χ1n) is 8.80. The number of nitrogens with one attached hydrogen (secondary N) is 1. The number of ether oxygens (including phenoxy) is 1. The van der Waals surface area contributed by atoms with Crippen molar-refractivity contribution in [3.8, 4) is 5.75 Å². The fourth-order valence-corrected chi connectivity index (χ4v) is 2.52. The Balaban J connectivity index is 0.00000338. The average molecular weight is 413 g/mol. The van der Waals surface area contributed by atoms with Crippen molar-refractivity contribution in [2.24, 2.45) is 5.92 Å². The van der Waals surface area contributed by atoms with Crippen LogP contribution >= 0.6 is 27.0 Å². The summed E-state index contributed by atoms with van der Waals surface area (Å²) in [6.45, 7) is 4.75. The topological polar surface area (TPSA) is 93.3 Å². The molecule has 0 radical (unpaired) electrons. The van der Waals surface area contributed by atoms with Crippen molar-refractivity contribution in [1.82, 2.24) is 9.97 Å². The van der Waals surface area contributed by atoms with Gasteiger partial charge in [0.05, 0.1) is 25.5 Å². The minimum atomic E-state index is -0.106. The number of anilines is 2. The molecule has 27 heavy (non-hydrogen) atoms. The largest absolute Gasteiger partial charge is 0.488 e. The molecule has 0 aliphatic rings. The molecule has 0 aliphatic heterocycles. The van der Waals surface area contributed by atoms with Crippen LogP contribution in [0.5, 0.6) is 5.75 Å². The molecule has 152 valence electrons. The average Bonchev–Trinajstić information content (AvgIpc) is 2.64. The van der Waals surface area contributed by atoms with Crippen molar-refractivity contribution in [1.29, 1.82) is 0 Å². The molecule has 6 nitrogen and oxygen atoms in total. The van der Waals surface area contributed by atoms with Crippen LogP contribution in [-0.4, -0.2) is 34.3 Å². The molecule has 0 aliphatic carbocycles. The highest BCUT2D eigenvalue weighted by molar-refractivity contribution is 7.59. The number of nitrogens with zero attached hydrogens (tertiary/aromatic N) is 2. The maximum Gasteiger partial charge on any atom is 0.222 e. The normalized spacial score (nSPS) is 12.3. The minimum absolute atomic E-state index is 0. The molecule has 0 saturated carbocycles. The van der Waals surface area contributed by atoms with Crippen LogP contribution in [-0.2, 0) is 6.42 Å².